The van der Waals surface area contributed by atoms with Gasteiger partial charge in [0.1, 0.15) is 0 Å². The minimum Gasteiger partial charge on any atom is -0.481 e. The van der Waals surface area contributed by atoms with Crippen molar-refractivity contribution in [1.82, 2.24) is 9.88 Å². The highest BCUT2D eigenvalue weighted by Gasteiger charge is 2.38. The summed E-state index contributed by atoms with van der Waals surface area (Å²) in [5.41, 5.74) is 2.07. The summed E-state index contributed by atoms with van der Waals surface area (Å²) in [6.45, 7) is 3.41. The Kier molecular flexibility index (Phi) is 4.34. The quantitative estimate of drug-likeness (QED) is 0.853. The minimum atomic E-state index is -1.04. The lowest BCUT2D eigenvalue weighted by molar-refractivity contribution is -0.157. The number of piperidine rings is 1. The van der Waals surface area contributed by atoms with E-state index in [1.807, 2.05) is 17.9 Å². The largest absolute Gasteiger partial charge is 0.481 e. The molecule has 6 nitrogen and oxygen atoms in total. The summed E-state index contributed by atoms with van der Waals surface area (Å²) in [7, 11) is 0. The Morgan fingerprint density at radius 1 is 1.30 bits per heavy atom. The number of aromatic nitrogens is 1. The zero-order valence-corrected chi connectivity index (χ0v) is 11.3. The van der Waals surface area contributed by atoms with Crippen molar-refractivity contribution in [2.45, 2.75) is 19.9 Å². The summed E-state index contributed by atoms with van der Waals surface area (Å²) >= 11 is 0. The lowest BCUT2D eigenvalue weighted by Crippen LogP contribution is -2.46. The first-order chi connectivity index (χ1) is 9.47. The second-order valence-electron chi connectivity index (χ2n) is 5.28. The van der Waals surface area contributed by atoms with Crippen LogP contribution in [-0.2, 0) is 16.1 Å². The molecule has 0 radical (unpaired) electrons. The van der Waals surface area contributed by atoms with Crippen LogP contribution in [0.4, 0.5) is 0 Å². The van der Waals surface area contributed by atoms with Gasteiger partial charge in [-0.1, -0.05) is 6.07 Å². The maximum absolute atomic E-state index is 11.2. The molecule has 6 heteroatoms. The van der Waals surface area contributed by atoms with Gasteiger partial charge in [-0.3, -0.25) is 19.5 Å². The number of carboxylic acid groups (broad SMARTS) is 2. The molecule has 2 rings (SSSR count). The van der Waals surface area contributed by atoms with Gasteiger partial charge in [-0.15, -0.1) is 0 Å². The molecule has 0 amide bonds. The van der Waals surface area contributed by atoms with Gasteiger partial charge >= 0.3 is 11.9 Å². The summed E-state index contributed by atoms with van der Waals surface area (Å²) in [4.78, 5) is 28.4. The predicted octanol–water partition coefficient (Wildman–Crippen LogP) is 0.997. The van der Waals surface area contributed by atoms with Gasteiger partial charge in [0.25, 0.3) is 0 Å². The molecule has 0 aromatic carbocycles. The highest BCUT2D eigenvalue weighted by atomic mass is 16.4. The van der Waals surface area contributed by atoms with Crippen LogP contribution in [0.5, 0.6) is 0 Å². The fraction of sp³-hybridized carbons (Fsp3) is 0.500. The van der Waals surface area contributed by atoms with E-state index in [0.29, 0.717) is 19.5 Å². The number of carbonyl (C=O) groups is 2. The molecule has 1 fully saturated rings. The predicted molar refractivity (Wildman–Crippen MR) is 71.1 cm³/mol. The van der Waals surface area contributed by atoms with Gasteiger partial charge < -0.3 is 10.2 Å². The Hall–Kier alpha value is -1.95. The lowest BCUT2D eigenvalue weighted by atomic mass is 9.85. The third kappa shape index (κ3) is 3.33. The van der Waals surface area contributed by atoms with Gasteiger partial charge in [-0.25, -0.2) is 0 Å². The average molecular weight is 278 g/mol. The van der Waals surface area contributed by atoms with Crippen LogP contribution in [0.3, 0.4) is 0 Å². The maximum atomic E-state index is 11.2. The van der Waals surface area contributed by atoms with Gasteiger partial charge in [0, 0.05) is 25.5 Å². The molecule has 1 saturated heterocycles. The van der Waals surface area contributed by atoms with Crippen LogP contribution in [0.15, 0.2) is 18.5 Å². The molecule has 1 aliphatic heterocycles. The highest BCUT2D eigenvalue weighted by Crippen LogP contribution is 2.25. The van der Waals surface area contributed by atoms with Crippen LogP contribution >= 0.6 is 0 Å². The Balaban J connectivity index is 2.05. The number of aliphatic carboxylic acids is 2. The van der Waals surface area contributed by atoms with Crippen molar-refractivity contribution >= 4 is 11.9 Å². The SMILES string of the molecule is Cc1cncc(CN2CCC(C(=O)O)C(C(=O)O)C2)c1. The van der Waals surface area contributed by atoms with Crippen LogP contribution in [-0.4, -0.2) is 45.1 Å². The first-order valence-electron chi connectivity index (χ1n) is 6.56. The number of hydrogen-bond acceptors (Lipinski definition) is 4. The number of aryl methyl sites for hydroxylation is 1. The van der Waals surface area contributed by atoms with Crippen LogP contribution in [0, 0.1) is 18.8 Å². The third-order valence-corrected chi connectivity index (χ3v) is 3.67. The lowest BCUT2D eigenvalue weighted by Gasteiger charge is -2.34. The van der Waals surface area contributed by atoms with E-state index in [4.69, 9.17) is 5.11 Å². The number of pyridine rings is 1. The Morgan fingerprint density at radius 3 is 2.60 bits per heavy atom. The zero-order valence-electron chi connectivity index (χ0n) is 11.3. The fourth-order valence-corrected chi connectivity index (χ4v) is 2.67. The number of likely N-dealkylation sites (tertiary alicyclic amines) is 1. The standard InChI is InChI=1S/C14H18N2O4/c1-9-4-10(6-15-5-9)7-16-3-2-11(13(17)18)12(8-16)14(19)20/h4-6,11-12H,2-3,7-8H2,1H3,(H,17,18)(H,19,20). The Morgan fingerprint density at radius 2 is 2.00 bits per heavy atom. The van der Waals surface area contributed by atoms with Crippen LogP contribution in [0.2, 0.25) is 0 Å². The van der Waals surface area contributed by atoms with Gasteiger partial charge in [0.2, 0.25) is 0 Å². The molecule has 1 aromatic rings. The first-order valence-corrected chi connectivity index (χ1v) is 6.56. The smallest absolute Gasteiger partial charge is 0.308 e. The second-order valence-corrected chi connectivity index (χ2v) is 5.28. The summed E-state index contributed by atoms with van der Waals surface area (Å²) < 4.78 is 0. The van der Waals surface area contributed by atoms with Gasteiger partial charge in [-0.05, 0) is 31.0 Å². The van der Waals surface area contributed by atoms with Gasteiger partial charge in [0.15, 0.2) is 0 Å². The molecule has 2 atom stereocenters. The number of nitrogens with zero attached hydrogens (tertiary/aromatic N) is 2. The summed E-state index contributed by atoms with van der Waals surface area (Å²) in [6.07, 6.45) is 3.89. The summed E-state index contributed by atoms with van der Waals surface area (Å²) in [5, 5.41) is 18.3. The molecule has 0 saturated carbocycles. The maximum Gasteiger partial charge on any atom is 0.308 e. The van der Waals surface area contributed by atoms with E-state index < -0.39 is 23.8 Å². The molecular weight excluding hydrogens is 260 g/mol. The molecule has 2 unspecified atom stereocenters. The molecule has 0 aliphatic carbocycles. The molecule has 108 valence electrons. The molecule has 0 spiro atoms. The molecular formula is C14H18N2O4. The van der Waals surface area contributed by atoms with Gasteiger partial charge in [0.05, 0.1) is 11.8 Å². The van der Waals surface area contributed by atoms with E-state index in [1.54, 1.807) is 12.4 Å². The Bertz CT molecular complexity index is 518. The van der Waals surface area contributed by atoms with Crippen molar-refractivity contribution in [3.8, 4) is 0 Å². The Labute approximate surface area is 117 Å². The first kappa shape index (κ1) is 14.5. The van der Waals surface area contributed by atoms with Crippen LogP contribution in [0.25, 0.3) is 0 Å². The molecule has 1 aliphatic rings. The summed E-state index contributed by atoms with van der Waals surface area (Å²) in [5.74, 6) is -3.70. The van der Waals surface area contributed by atoms with Gasteiger partial charge in [-0.2, -0.15) is 0 Å². The zero-order chi connectivity index (χ0) is 14.7. The van der Waals surface area contributed by atoms with Crippen molar-refractivity contribution in [1.29, 1.82) is 0 Å². The number of hydrogen-bond donors (Lipinski definition) is 2. The van der Waals surface area contributed by atoms with E-state index in [0.717, 1.165) is 11.1 Å². The van der Waals surface area contributed by atoms with E-state index >= 15 is 0 Å². The number of rotatable bonds is 4. The highest BCUT2D eigenvalue weighted by molar-refractivity contribution is 5.80. The van der Waals surface area contributed by atoms with E-state index in [9.17, 15) is 14.7 Å². The molecule has 2 N–H and O–H groups in total. The molecule has 1 aromatic heterocycles. The van der Waals surface area contributed by atoms with Crippen LogP contribution in [0.1, 0.15) is 17.5 Å². The minimum absolute atomic E-state index is 0.264. The van der Waals surface area contributed by atoms with E-state index in [-0.39, 0.29) is 6.54 Å². The molecule has 2 heterocycles. The van der Waals surface area contributed by atoms with Crippen molar-refractivity contribution in [2.75, 3.05) is 13.1 Å². The van der Waals surface area contributed by atoms with E-state index in [1.165, 1.54) is 0 Å². The van der Waals surface area contributed by atoms with Crippen molar-refractivity contribution in [2.24, 2.45) is 11.8 Å². The topological polar surface area (TPSA) is 90.7 Å². The van der Waals surface area contributed by atoms with E-state index in [2.05, 4.69) is 4.98 Å². The third-order valence-electron chi connectivity index (χ3n) is 3.67. The average Bonchev–Trinajstić information content (AvgIpc) is 2.38. The summed E-state index contributed by atoms with van der Waals surface area (Å²) in [6, 6.07) is 2.01. The van der Waals surface area contributed by atoms with Crippen molar-refractivity contribution in [3.63, 3.8) is 0 Å². The molecule has 0 bridgehead atoms. The fourth-order valence-electron chi connectivity index (χ4n) is 2.67. The monoisotopic (exact) mass is 278 g/mol. The molecule has 20 heavy (non-hydrogen) atoms. The second kappa shape index (κ2) is 6.00. The normalized spacial score (nSPS) is 23.4. The van der Waals surface area contributed by atoms with Crippen molar-refractivity contribution in [3.05, 3.63) is 29.6 Å². The van der Waals surface area contributed by atoms with Crippen LogP contribution < -0.4 is 0 Å². The number of carboxylic acids is 2. The van der Waals surface area contributed by atoms with Crippen molar-refractivity contribution < 1.29 is 19.8 Å².